The summed E-state index contributed by atoms with van der Waals surface area (Å²) in [6, 6.07) is 58.4. The number of benzene rings is 7. The van der Waals surface area contributed by atoms with Crippen molar-refractivity contribution >= 4 is 80.1 Å². The molecule has 2 aromatic heterocycles. The van der Waals surface area contributed by atoms with Gasteiger partial charge in [0.1, 0.15) is 0 Å². The van der Waals surface area contributed by atoms with Crippen LogP contribution in [-0.2, 0) is 5.41 Å². The van der Waals surface area contributed by atoms with Gasteiger partial charge in [-0.15, -0.1) is 22.7 Å². The Morgan fingerprint density at radius 3 is 1.89 bits per heavy atom. The van der Waals surface area contributed by atoms with Gasteiger partial charge < -0.3 is 4.90 Å². The van der Waals surface area contributed by atoms with E-state index in [2.05, 4.69) is 170 Å². The molecule has 10 rings (SSSR count). The first kappa shape index (κ1) is 26.9. The predicted octanol–water partition coefficient (Wildman–Crippen LogP) is 13.2. The van der Waals surface area contributed by atoms with Crippen molar-refractivity contribution in [3.8, 4) is 11.1 Å². The Bertz CT molecular complexity index is 2620. The van der Waals surface area contributed by atoms with Crippen LogP contribution in [0.2, 0.25) is 0 Å². The summed E-state index contributed by atoms with van der Waals surface area (Å²) in [5.41, 5.74) is 10.1. The van der Waals surface area contributed by atoms with Gasteiger partial charge in [-0.05, 0) is 89.3 Å². The second kappa shape index (κ2) is 10.1. The molecule has 0 unspecified atom stereocenters. The summed E-state index contributed by atoms with van der Waals surface area (Å²) in [6.45, 7) is 2.41. The molecule has 1 aliphatic rings. The smallest absolute Gasteiger partial charge is 0.0554 e. The number of fused-ring (bicyclic) bond motifs is 9. The lowest BCUT2D eigenvalue weighted by Crippen LogP contribution is -2.22. The van der Waals surface area contributed by atoms with Gasteiger partial charge in [-0.3, -0.25) is 0 Å². The zero-order chi connectivity index (χ0) is 31.1. The highest BCUT2D eigenvalue weighted by molar-refractivity contribution is 7.26. The van der Waals surface area contributed by atoms with Gasteiger partial charge in [-0.25, -0.2) is 0 Å². The number of rotatable bonds is 4. The van der Waals surface area contributed by atoms with E-state index in [9.17, 15) is 0 Å². The molecule has 222 valence electrons. The van der Waals surface area contributed by atoms with Gasteiger partial charge in [0.2, 0.25) is 0 Å². The molecule has 47 heavy (non-hydrogen) atoms. The van der Waals surface area contributed by atoms with Crippen molar-refractivity contribution < 1.29 is 0 Å². The molecule has 0 spiro atoms. The highest BCUT2D eigenvalue weighted by atomic mass is 32.1. The zero-order valence-corrected chi connectivity index (χ0v) is 27.4. The first-order valence-corrected chi connectivity index (χ1v) is 17.7. The topological polar surface area (TPSA) is 3.24 Å². The minimum atomic E-state index is -0.240. The van der Waals surface area contributed by atoms with Crippen molar-refractivity contribution in [1.82, 2.24) is 0 Å². The summed E-state index contributed by atoms with van der Waals surface area (Å²) in [5, 5.41) is 5.26. The monoisotopic (exact) mass is 635 g/mol. The molecule has 3 heteroatoms. The fraction of sp³-hybridized carbons (Fsp3) is 0.0455. The molecule has 1 nitrogen and oxygen atoms in total. The van der Waals surface area contributed by atoms with Crippen LogP contribution in [0.3, 0.4) is 0 Å². The normalized spacial score (nSPS) is 13.4. The maximum absolute atomic E-state index is 2.48. The van der Waals surface area contributed by atoms with E-state index in [1.54, 1.807) is 0 Å². The molecule has 9 aromatic rings. The number of thiophene rings is 2. The number of nitrogens with zero attached hydrogens (tertiary/aromatic N) is 1. The van der Waals surface area contributed by atoms with E-state index in [-0.39, 0.29) is 5.41 Å². The van der Waals surface area contributed by atoms with E-state index in [0.29, 0.717) is 0 Å². The summed E-state index contributed by atoms with van der Waals surface area (Å²) < 4.78 is 5.25. The summed E-state index contributed by atoms with van der Waals surface area (Å²) in [6.07, 6.45) is 0. The molecule has 0 bridgehead atoms. The van der Waals surface area contributed by atoms with Gasteiger partial charge in [0, 0.05) is 57.1 Å². The van der Waals surface area contributed by atoms with Crippen LogP contribution in [0, 0.1) is 0 Å². The zero-order valence-electron chi connectivity index (χ0n) is 25.8. The Morgan fingerprint density at radius 1 is 0.447 bits per heavy atom. The average molecular weight is 636 g/mol. The molecular weight excluding hydrogens is 607 g/mol. The Labute approximate surface area is 281 Å². The van der Waals surface area contributed by atoms with Crippen molar-refractivity contribution in [3.05, 3.63) is 174 Å². The van der Waals surface area contributed by atoms with Gasteiger partial charge in [0.05, 0.1) is 5.69 Å². The molecule has 7 aromatic carbocycles. The Morgan fingerprint density at radius 2 is 1.09 bits per heavy atom. The molecule has 0 saturated heterocycles. The van der Waals surface area contributed by atoms with Crippen molar-refractivity contribution in [1.29, 1.82) is 0 Å². The molecule has 2 heterocycles. The largest absolute Gasteiger partial charge is 0.310 e. The van der Waals surface area contributed by atoms with E-state index in [4.69, 9.17) is 0 Å². The predicted molar refractivity (Wildman–Crippen MR) is 204 cm³/mol. The summed E-state index contributed by atoms with van der Waals surface area (Å²) in [7, 11) is 0. The van der Waals surface area contributed by atoms with Gasteiger partial charge in [0.25, 0.3) is 0 Å². The van der Waals surface area contributed by atoms with Crippen molar-refractivity contribution in [2.24, 2.45) is 0 Å². The van der Waals surface area contributed by atoms with E-state index in [1.165, 1.54) is 79.5 Å². The lowest BCUT2D eigenvalue weighted by Gasteiger charge is -2.29. The Balaban J connectivity index is 1.22. The number of anilines is 3. The van der Waals surface area contributed by atoms with Gasteiger partial charge in [-0.2, -0.15) is 0 Å². The standard InChI is InChI=1S/C44H29NS2/c1-44(36-17-8-5-14-31(36)32-15-6-9-18-37(32)44)28-22-25-40-35(26-28)43-38(19-11-21-41(43)46-40)45(29-12-3-2-4-13-29)30-23-24-34-33-16-7-10-20-39(33)47-42(34)27-30/h2-27H,1H3. The maximum atomic E-state index is 2.48. The summed E-state index contributed by atoms with van der Waals surface area (Å²) in [5.74, 6) is 0. The second-order valence-electron chi connectivity index (χ2n) is 12.6. The van der Waals surface area contributed by atoms with Crippen LogP contribution < -0.4 is 4.90 Å². The molecule has 0 radical (unpaired) electrons. The number of para-hydroxylation sites is 1. The quantitative estimate of drug-likeness (QED) is 0.186. The van der Waals surface area contributed by atoms with Crippen molar-refractivity contribution in [2.45, 2.75) is 12.3 Å². The Kier molecular flexibility index (Phi) is 5.81. The van der Waals surface area contributed by atoms with E-state index in [0.717, 1.165) is 5.69 Å². The Hall–Kier alpha value is -5.22. The first-order chi connectivity index (χ1) is 23.2. The van der Waals surface area contributed by atoms with Crippen molar-refractivity contribution in [3.63, 3.8) is 0 Å². The van der Waals surface area contributed by atoms with Crippen LogP contribution >= 0.6 is 22.7 Å². The third kappa shape index (κ3) is 3.88. The fourth-order valence-electron chi connectivity index (χ4n) is 7.93. The number of hydrogen-bond acceptors (Lipinski definition) is 3. The number of hydrogen-bond donors (Lipinski definition) is 0. The van der Waals surface area contributed by atoms with Crippen LogP contribution in [0.15, 0.2) is 158 Å². The summed E-state index contributed by atoms with van der Waals surface area (Å²) in [4.78, 5) is 2.45. The van der Waals surface area contributed by atoms with Crippen LogP contribution in [0.1, 0.15) is 23.6 Å². The van der Waals surface area contributed by atoms with E-state index in [1.807, 2.05) is 22.7 Å². The molecule has 0 atom stereocenters. The SMILES string of the molecule is CC1(c2ccc3sc4cccc(N(c5ccccc5)c5ccc6c(c5)sc5ccccc56)c4c3c2)c2ccccc2-c2ccccc21. The van der Waals surface area contributed by atoms with Crippen LogP contribution in [0.25, 0.3) is 51.5 Å². The highest BCUT2D eigenvalue weighted by Gasteiger charge is 2.40. The fourth-order valence-corrected chi connectivity index (χ4v) is 10.2. The van der Waals surface area contributed by atoms with Crippen LogP contribution in [0.4, 0.5) is 17.1 Å². The first-order valence-electron chi connectivity index (χ1n) is 16.1. The van der Waals surface area contributed by atoms with Crippen molar-refractivity contribution in [2.75, 3.05) is 4.90 Å². The second-order valence-corrected chi connectivity index (χ2v) is 14.8. The third-order valence-corrected chi connectivity index (χ3v) is 12.4. The minimum absolute atomic E-state index is 0.240. The lowest BCUT2D eigenvalue weighted by atomic mass is 9.74. The van der Waals surface area contributed by atoms with Crippen LogP contribution in [0.5, 0.6) is 0 Å². The van der Waals surface area contributed by atoms with Gasteiger partial charge >= 0.3 is 0 Å². The van der Waals surface area contributed by atoms with Gasteiger partial charge in [-0.1, -0.05) is 103 Å². The van der Waals surface area contributed by atoms with Crippen LogP contribution in [-0.4, -0.2) is 0 Å². The van der Waals surface area contributed by atoms with E-state index >= 15 is 0 Å². The molecule has 0 N–H and O–H groups in total. The highest BCUT2D eigenvalue weighted by Crippen LogP contribution is 2.54. The molecule has 1 aliphatic carbocycles. The lowest BCUT2D eigenvalue weighted by molar-refractivity contribution is 0.715. The molecular formula is C44H29NS2. The minimum Gasteiger partial charge on any atom is -0.310 e. The maximum Gasteiger partial charge on any atom is 0.0554 e. The third-order valence-electron chi connectivity index (χ3n) is 10.1. The molecule has 0 saturated carbocycles. The van der Waals surface area contributed by atoms with E-state index < -0.39 is 0 Å². The van der Waals surface area contributed by atoms with Gasteiger partial charge in [0.15, 0.2) is 0 Å². The molecule has 0 amide bonds. The molecule has 0 aliphatic heterocycles. The average Bonchev–Trinajstić information content (AvgIpc) is 3.77. The summed E-state index contributed by atoms with van der Waals surface area (Å²) >= 11 is 3.76. The molecule has 0 fully saturated rings.